The summed E-state index contributed by atoms with van der Waals surface area (Å²) in [6, 6.07) is 66.7. The van der Waals surface area contributed by atoms with Crippen LogP contribution < -0.4 is 4.90 Å². The van der Waals surface area contributed by atoms with E-state index in [0.29, 0.717) is 11.3 Å². The fourth-order valence-corrected chi connectivity index (χ4v) is 7.16. The number of anilines is 3. The SMILES string of the molecule is [2H]c1c([2H])c(N(c2ccc(-c3ccc4ccccc4c3-c3ccccc3)cc2)c2ccccc2-c2ccccc2)c([2H])c([2H])c1-c1ccc(-c2ccccc2)cc1. The molecule has 0 unspecified atom stereocenters. The highest BCUT2D eigenvalue weighted by Gasteiger charge is 2.18. The minimum absolute atomic E-state index is 0.0964. The lowest BCUT2D eigenvalue weighted by molar-refractivity contribution is 1.28. The van der Waals surface area contributed by atoms with Gasteiger partial charge in [0.1, 0.15) is 0 Å². The minimum Gasteiger partial charge on any atom is -0.310 e. The van der Waals surface area contributed by atoms with Gasteiger partial charge >= 0.3 is 0 Å². The van der Waals surface area contributed by atoms with Gasteiger partial charge < -0.3 is 4.90 Å². The molecule has 0 N–H and O–H groups in total. The summed E-state index contributed by atoms with van der Waals surface area (Å²) < 4.78 is 37.8. The first-order valence-electron chi connectivity index (χ1n) is 19.9. The zero-order valence-electron chi connectivity index (χ0n) is 33.0. The third-order valence-electron chi connectivity index (χ3n) is 9.77. The maximum absolute atomic E-state index is 9.55. The van der Waals surface area contributed by atoms with E-state index < -0.39 is 0 Å². The predicted molar refractivity (Wildman–Crippen MR) is 226 cm³/mol. The summed E-state index contributed by atoms with van der Waals surface area (Å²) in [6.07, 6.45) is 0. The number of benzene rings is 9. The molecule has 0 aliphatic carbocycles. The van der Waals surface area contributed by atoms with Crippen molar-refractivity contribution in [2.75, 3.05) is 4.90 Å². The van der Waals surface area contributed by atoms with Crippen molar-refractivity contribution < 1.29 is 5.48 Å². The molecule has 0 spiro atoms. The van der Waals surface area contributed by atoms with Gasteiger partial charge in [0.15, 0.2) is 0 Å². The van der Waals surface area contributed by atoms with Crippen LogP contribution >= 0.6 is 0 Å². The van der Waals surface area contributed by atoms with E-state index in [1.807, 2.05) is 132 Å². The van der Waals surface area contributed by atoms with Crippen molar-refractivity contribution in [2.24, 2.45) is 0 Å². The van der Waals surface area contributed by atoms with Gasteiger partial charge in [-0.25, -0.2) is 0 Å². The molecule has 1 nitrogen and oxygen atoms in total. The van der Waals surface area contributed by atoms with Crippen molar-refractivity contribution in [1.29, 1.82) is 0 Å². The molecular weight excluding hydrogens is 639 g/mol. The number of para-hydroxylation sites is 1. The van der Waals surface area contributed by atoms with Gasteiger partial charge in [-0.3, -0.25) is 0 Å². The predicted octanol–water partition coefficient (Wildman–Crippen LogP) is 14.6. The first-order valence-corrected chi connectivity index (χ1v) is 17.9. The molecule has 0 heterocycles. The summed E-state index contributed by atoms with van der Waals surface area (Å²) in [6.45, 7) is 0. The van der Waals surface area contributed by atoms with Crippen molar-refractivity contribution >= 4 is 27.8 Å². The van der Waals surface area contributed by atoms with E-state index in [1.54, 1.807) is 0 Å². The third kappa shape index (κ3) is 6.42. The molecule has 1 heteroatoms. The Labute approximate surface area is 317 Å². The van der Waals surface area contributed by atoms with E-state index >= 15 is 0 Å². The molecule has 0 aliphatic rings. The largest absolute Gasteiger partial charge is 0.310 e. The van der Waals surface area contributed by atoms with Crippen molar-refractivity contribution in [3.63, 3.8) is 0 Å². The Kier molecular flexibility index (Phi) is 7.50. The van der Waals surface area contributed by atoms with Crippen LogP contribution in [0.1, 0.15) is 5.48 Å². The van der Waals surface area contributed by atoms with Gasteiger partial charge in [-0.05, 0) is 91.1 Å². The summed E-state index contributed by atoms with van der Waals surface area (Å²) in [4.78, 5) is 1.88. The molecule has 0 atom stereocenters. The van der Waals surface area contributed by atoms with Crippen molar-refractivity contribution in [3.8, 4) is 55.6 Å². The van der Waals surface area contributed by atoms with Crippen LogP contribution in [0.5, 0.6) is 0 Å². The summed E-state index contributed by atoms with van der Waals surface area (Å²) in [7, 11) is 0. The first-order chi connectivity index (χ1) is 28.0. The van der Waals surface area contributed by atoms with Gasteiger partial charge in [0, 0.05) is 16.9 Å². The molecule has 9 rings (SSSR count). The Bertz CT molecular complexity index is 2830. The smallest absolute Gasteiger partial charge is 0.0645 e. The van der Waals surface area contributed by atoms with Gasteiger partial charge in [0.25, 0.3) is 0 Å². The first kappa shape index (κ1) is 27.7. The topological polar surface area (TPSA) is 3.24 Å². The second-order valence-electron chi connectivity index (χ2n) is 13.0. The number of hydrogen-bond acceptors (Lipinski definition) is 1. The van der Waals surface area contributed by atoms with Gasteiger partial charge in [-0.2, -0.15) is 0 Å². The molecule has 0 saturated heterocycles. The summed E-state index contributed by atoms with van der Waals surface area (Å²) in [5.41, 5.74) is 10.9. The van der Waals surface area contributed by atoms with E-state index in [1.165, 1.54) is 10.8 Å². The van der Waals surface area contributed by atoms with E-state index in [4.69, 9.17) is 0 Å². The third-order valence-corrected chi connectivity index (χ3v) is 9.77. The van der Waals surface area contributed by atoms with Crippen LogP contribution in [0.15, 0.2) is 224 Å². The Balaban J connectivity index is 1.21. The van der Waals surface area contributed by atoms with Crippen molar-refractivity contribution in [3.05, 3.63) is 224 Å². The van der Waals surface area contributed by atoms with Crippen LogP contribution in [0.2, 0.25) is 0 Å². The average molecular weight is 680 g/mol. The molecule has 250 valence electrons. The molecule has 0 amide bonds. The van der Waals surface area contributed by atoms with E-state index in [0.717, 1.165) is 50.2 Å². The standard InChI is InChI=1S/C52H37N/c1-4-14-38(15-5-1)39-24-26-40(27-25-39)41-28-33-46(34-29-41)53(51-23-13-12-21-48(51)42-16-6-2-7-17-42)47-35-30-44(31-36-47)50-37-32-43-18-10-11-22-49(43)52(50)45-19-8-3-9-20-45/h1-37H/i28D,29D,33D,34D. The van der Waals surface area contributed by atoms with Crippen LogP contribution in [-0.2, 0) is 0 Å². The Hall–Kier alpha value is -6.96. The lowest BCUT2D eigenvalue weighted by Gasteiger charge is -2.28. The highest BCUT2D eigenvalue weighted by atomic mass is 15.1. The molecule has 0 aromatic heterocycles. The molecular formula is C52H37N. The van der Waals surface area contributed by atoms with Gasteiger partial charge in [-0.1, -0.05) is 194 Å². The maximum Gasteiger partial charge on any atom is 0.0645 e. The highest BCUT2D eigenvalue weighted by Crippen LogP contribution is 2.43. The second-order valence-corrected chi connectivity index (χ2v) is 13.0. The molecule has 0 bridgehead atoms. The van der Waals surface area contributed by atoms with Gasteiger partial charge in [0.2, 0.25) is 0 Å². The molecule has 0 aliphatic heterocycles. The van der Waals surface area contributed by atoms with Crippen molar-refractivity contribution in [2.45, 2.75) is 0 Å². The van der Waals surface area contributed by atoms with Crippen LogP contribution in [0.25, 0.3) is 66.4 Å². The quantitative estimate of drug-likeness (QED) is 0.154. The lowest BCUT2D eigenvalue weighted by Crippen LogP contribution is -2.11. The Morgan fingerprint density at radius 2 is 0.792 bits per heavy atom. The van der Waals surface area contributed by atoms with Crippen LogP contribution in [0, 0.1) is 0 Å². The summed E-state index contributed by atoms with van der Waals surface area (Å²) >= 11 is 0. The molecule has 0 radical (unpaired) electrons. The summed E-state index contributed by atoms with van der Waals surface area (Å²) in [5.74, 6) is 0. The van der Waals surface area contributed by atoms with Crippen LogP contribution in [0.3, 0.4) is 0 Å². The highest BCUT2D eigenvalue weighted by molar-refractivity contribution is 6.04. The van der Waals surface area contributed by atoms with Gasteiger partial charge in [0.05, 0.1) is 11.2 Å². The Morgan fingerprint density at radius 3 is 1.47 bits per heavy atom. The van der Waals surface area contributed by atoms with Crippen molar-refractivity contribution in [1.82, 2.24) is 0 Å². The Morgan fingerprint density at radius 1 is 0.302 bits per heavy atom. The molecule has 0 saturated carbocycles. The fraction of sp³-hybridized carbons (Fsp3) is 0. The molecule has 9 aromatic carbocycles. The number of fused-ring (bicyclic) bond motifs is 1. The normalized spacial score (nSPS) is 12.1. The summed E-state index contributed by atoms with van der Waals surface area (Å²) in [5, 5.41) is 2.33. The number of rotatable bonds is 8. The fourth-order valence-electron chi connectivity index (χ4n) is 7.16. The monoisotopic (exact) mass is 679 g/mol. The minimum atomic E-state index is -0.119. The molecule has 9 aromatic rings. The molecule has 0 fully saturated rings. The van der Waals surface area contributed by atoms with Crippen LogP contribution in [0.4, 0.5) is 17.1 Å². The zero-order chi connectivity index (χ0) is 38.9. The lowest BCUT2D eigenvalue weighted by atomic mass is 9.89. The molecule has 53 heavy (non-hydrogen) atoms. The maximum atomic E-state index is 9.55. The average Bonchev–Trinajstić information content (AvgIpc) is 3.28. The zero-order valence-corrected chi connectivity index (χ0v) is 29.0. The van der Waals surface area contributed by atoms with Gasteiger partial charge in [-0.15, -0.1) is 0 Å². The number of hydrogen-bond donors (Lipinski definition) is 0. The van der Waals surface area contributed by atoms with E-state index in [2.05, 4.69) is 72.8 Å². The van der Waals surface area contributed by atoms with Crippen LogP contribution in [-0.4, -0.2) is 0 Å². The van der Waals surface area contributed by atoms with E-state index in [-0.39, 0.29) is 35.4 Å². The number of nitrogens with zero attached hydrogens (tertiary/aromatic N) is 1. The van der Waals surface area contributed by atoms with E-state index in [9.17, 15) is 5.48 Å². The second kappa shape index (κ2) is 14.3.